The van der Waals surface area contributed by atoms with E-state index in [0.717, 1.165) is 54.3 Å². The topological polar surface area (TPSA) is 52.6 Å². The van der Waals surface area contributed by atoms with Crippen LogP contribution in [0.4, 0.5) is 0 Å². The summed E-state index contributed by atoms with van der Waals surface area (Å²) in [6.45, 7) is 9.86. The fourth-order valence-corrected chi connectivity index (χ4v) is 4.26. The zero-order valence-corrected chi connectivity index (χ0v) is 21.1. The van der Waals surface area contributed by atoms with Crippen LogP contribution in [0.5, 0.6) is 0 Å². The van der Waals surface area contributed by atoms with Gasteiger partial charge in [0.2, 0.25) is 0 Å². The van der Waals surface area contributed by atoms with Gasteiger partial charge in [0, 0.05) is 30.0 Å². The van der Waals surface area contributed by atoms with E-state index in [1.165, 1.54) is 18.5 Å². The van der Waals surface area contributed by atoms with Crippen LogP contribution in [-0.2, 0) is 13.1 Å². The summed E-state index contributed by atoms with van der Waals surface area (Å²) in [5, 5.41) is 11.0. The number of guanidine groups is 1. The predicted molar refractivity (Wildman–Crippen MR) is 135 cm³/mol. The van der Waals surface area contributed by atoms with Crippen molar-refractivity contribution in [3.05, 3.63) is 50.9 Å². The van der Waals surface area contributed by atoms with Crippen molar-refractivity contribution in [2.75, 3.05) is 26.2 Å². The molecule has 0 aliphatic carbocycles. The molecule has 0 bridgehead atoms. The van der Waals surface area contributed by atoms with E-state index in [0.29, 0.717) is 12.5 Å². The third kappa shape index (κ3) is 8.39. The molecule has 0 spiro atoms. The molecule has 29 heavy (non-hydrogen) atoms. The van der Waals surface area contributed by atoms with Gasteiger partial charge < -0.3 is 10.6 Å². The van der Waals surface area contributed by atoms with E-state index in [9.17, 15) is 0 Å². The first-order valence-electron chi connectivity index (χ1n) is 10.0. The van der Waals surface area contributed by atoms with Crippen molar-refractivity contribution in [2.24, 2.45) is 10.9 Å². The average molecular weight is 548 g/mol. The van der Waals surface area contributed by atoms with Gasteiger partial charge in [-0.3, -0.25) is 4.90 Å². The summed E-state index contributed by atoms with van der Waals surface area (Å²) in [6, 6.07) is 7.88. The normalized spacial score (nSPS) is 15.8. The Kier molecular flexibility index (Phi) is 10.7. The molecule has 1 aliphatic heterocycles. The highest BCUT2D eigenvalue weighted by atomic mass is 127. The molecule has 1 aliphatic rings. The van der Waals surface area contributed by atoms with Crippen LogP contribution in [0.1, 0.15) is 36.0 Å². The smallest absolute Gasteiger partial charge is 0.191 e. The Morgan fingerprint density at radius 3 is 2.76 bits per heavy atom. The van der Waals surface area contributed by atoms with Crippen LogP contribution in [0.25, 0.3) is 0 Å². The van der Waals surface area contributed by atoms with E-state index in [2.05, 4.69) is 45.8 Å². The second-order valence-electron chi connectivity index (χ2n) is 7.28. The molecule has 0 atom stereocenters. The lowest BCUT2D eigenvalue weighted by molar-refractivity contribution is 0.176. The lowest BCUT2D eigenvalue weighted by Crippen LogP contribution is -2.42. The minimum atomic E-state index is 0. The molecule has 3 rings (SSSR count). The minimum absolute atomic E-state index is 0. The summed E-state index contributed by atoms with van der Waals surface area (Å²) in [6.07, 6.45) is 2.42. The number of hydrogen-bond acceptors (Lipinski definition) is 4. The lowest BCUT2D eigenvalue weighted by atomic mass is 9.97. The first kappa shape index (κ1) is 24.4. The van der Waals surface area contributed by atoms with E-state index in [1.54, 1.807) is 11.3 Å². The van der Waals surface area contributed by atoms with Crippen LogP contribution >= 0.6 is 46.9 Å². The molecule has 8 heteroatoms. The first-order valence-corrected chi connectivity index (χ1v) is 11.3. The molecule has 160 valence electrons. The van der Waals surface area contributed by atoms with E-state index >= 15 is 0 Å². The van der Waals surface area contributed by atoms with Crippen molar-refractivity contribution in [3.63, 3.8) is 0 Å². The van der Waals surface area contributed by atoms with Crippen molar-refractivity contribution >= 4 is 52.9 Å². The van der Waals surface area contributed by atoms with Crippen LogP contribution in [-0.4, -0.2) is 42.0 Å². The molecule has 2 N–H and O–H groups in total. The highest BCUT2D eigenvalue weighted by molar-refractivity contribution is 14.0. The molecule has 1 aromatic carbocycles. The van der Waals surface area contributed by atoms with Gasteiger partial charge in [0.1, 0.15) is 0 Å². The van der Waals surface area contributed by atoms with Crippen LogP contribution in [0.15, 0.2) is 34.6 Å². The third-order valence-electron chi connectivity index (χ3n) is 4.97. The number of aliphatic imine (C=N–C) groups is 1. The maximum atomic E-state index is 6.06. The van der Waals surface area contributed by atoms with Crippen LogP contribution in [0, 0.1) is 12.8 Å². The fraction of sp³-hybridized carbons (Fsp3) is 0.524. The van der Waals surface area contributed by atoms with Crippen molar-refractivity contribution < 1.29 is 0 Å². The van der Waals surface area contributed by atoms with Crippen molar-refractivity contribution in [1.29, 1.82) is 0 Å². The summed E-state index contributed by atoms with van der Waals surface area (Å²) in [4.78, 5) is 11.8. The van der Waals surface area contributed by atoms with Crippen molar-refractivity contribution in [2.45, 2.75) is 39.8 Å². The first-order chi connectivity index (χ1) is 13.6. The number of aromatic nitrogens is 1. The molecule has 1 aromatic heterocycles. The SMILES string of the molecule is CCNC(=NCc1cccc(Cl)c1)NCC1CCN(Cc2csc(C)n2)CC1.I. The van der Waals surface area contributed by atoms with Gasteiger partial charge in [-0.15, -0.1) is 35.3 Å². The number of aryl methyl sites for hydroxylation is 1. The highest BCUT2D eigenvalue weighted by Crippen LogP contribution is 2.19. The number of rotatable bonds is 7. The summed E-state index contributed by atoms with van der Waals surface area (Å²) >= 11 is 7.80. The standard InChI is InChI=1S/C21H30ClN5S.HI/c1-3-23-21(25-13-18-5-4-6-19(22)11-18)24-12-17-7-9-27(10-8-17)14-20-15-28-16(2)26-20;/h4-6,11,15,17H,3,7-10,12-14H2,1-2H3,(H2,23,24,25);1H. The number of halogens is 2. The molecule has 2 heterocycles. The number of piperidine rings is 1. The van der Waals surface area contributed by atoms with Crippen molar-refractivity contribution in [1.82, 2.24) is 20.5 Å². The molecule has 1 fully saturated rings. The number of likely N-dealkylation sites (tertiary alicyclic amines) is 1. The monoisotopic (exact) mass is 547 g/mol. The largest absolute Gasteiger partial charge is 0.357 e. The van der Waals surface area contributed by atoms with Gasteiger partial charge in [-0.25, -0.2) is 9.98 Å². The second kappa shape index (κ2) is 12.7. The van der Waals surface area contributed by atoms with E-state index < -0.39 is 0 Å². The van der Waals surface area contributed by atoms with Gasteiger partial charge in [0.15, 0.2) is 5.96 Å². The number of benzene rings is 1. The van der Waals surface area contributed by atoms with Gasteiger partial charge in [-0.05, 0) is 63.4 Å². The van der Waals surface area contributed by atoms with Gasteiger partial charge in [0.25, 0.3) is 0 Å². The lowest BCUT2D eigenvalue weighted by Gasteiger charge is -2.31. The van der Waals surface area contributed by atoms with Crippen LogP contribution in [0.2, 0.25) is 5.02 Å². The van der Waals surface area contributed by atoms with Gasteiger partial charge in [-0.2, -0.15) is 0 Å². The number of nitrogens with one attached hydrogen (secondary N) is 2. The van der Waals surface area contributed by atoms with E-state index in [4.69, 9.17) is 16.6 Å². The number of hydrogen-bond donors (Lipinski definition) is 2. The summed E-state index contributed by atoms with van der Waals surface area (Å²) in [7, 11) is 0. The number of thiazole rings is 1. The Morgan fingerprint density at radius 2 is 2.10 bits per heavy atom. The Balaban J connectivity index is 0.00000300. The summed E-state index contributed by atoms with van der Waals surface area (Å²) in [5.74, 6) is 1.56. The van der Waals surface area contributed by atoms with E-state index in [1.807, 2.05) is 18.2 Å². The third-order valence-corrected chi connectivity index (χ3v) is 6.03. The molecule has 0 unspecified atom stereocenters. The summed E-state index contributed by atoms with van der Waals surface area (Å²) < 4.78 is 0. The highest BCUT2D eigenvalue weighted by Gasteiger charge is 2.20. The maximum absolute atomic E-state index is 6.06. The second-order valence-corrected chi connectivity index (χ2v) is 8.78. The molecular weight excluding hydrogens is 517 g/mol. The Bertz CT molecular complexity index is 774. The van der Waals surface area contributed by atoms with Gasteiger partial charge in [0.05, 0.1) is 17.2 Å². The molecule has 1 saturated heterocycles. The molecule has 0 radical (unpaired) electrons. The quantitative estimate of drug-likeness (QED) is 0.300. The van der Waals surface area contributed by atoms with Gasteiger partial charge in [-0.1, -0.05) is 23.7 Å². The molecule has 0 saturated carbocycles. The Labute approximate surface area is 200 Å². The maximum Gasteiger partial charge on any atom is 0.191 e. The Hall–Kier alpha value is -0.900. The minimum Gasteiger partial charge on any atom is -0.357 e. The molecule has 5 nitrogen and oxygen atoms in total. The average Bonchev–Trinajstić information content (AvgIpc) is 3.10. The Morgan fingerprint density at radius 1 is 1.31 bits per heavy atom. The summed E-state index contributed by atoms with van der Waals surface area (Å²) in [5.41, 5.74) is 2.33. The fourth-order valence-electron chi connectivity index (χ4n) is 3.45. The zero-order valence-electron chi connectivity index (χ0n) is 17.2. The molecular formula is C21H31ClIN5S. The van der Waals surface area contributed by atoms with Crippen LogP contribution < -0.4 is 10.6 Å². The zero-order chi connectivity index (χ0) is 19.8. The van der Waals surface area contributed by atoms with E-state index in [-0.39, 0.29) is 24.0 Å². The molecule has 0 amide bonds. The van der Waals surface area contributed by atoms with Gasteiger partial charge >= 0.3 is 0 Å². The molecule has 2 aromatic rings. The number of nitrogens with zero attached hydrogens (tertiary/aromatic N) is 3. The van der Waals surface area contributed by atoms with Crippen molar-refractivity contribution in [3.8, 4) is 0 Å². The van der Waals surface area contributed by atoms with Crippen LogP contribution in [0.3, 0.4) is 0 Å². The predicted octanol–water partition coefficient (Wildman–Crippen LogP) is 4.69.